The van der Waals surface area contributed by atoms with Crippen LogP contribution in [0.5, 0.6) is 0 Å². The Morgan fingerprint density at radius 1 is 0.935 bits per heavy atom. The minimum atomic E-state index is -1.18. The second-order valence-corrected chi connectivity index (χ2v) is 6.47. The van der Waals surface area contributed by atoms with E-state index in [0.29, 0.717) is 13.0 Å². The third kappa shape index (κ3) is 23.8. The SMILES string of the molecule is C[C@H](N)C(=O)O.NCCCC[C@H](N)C(=O)O.N[C@@H](CO)C(=O)O.O=C(O)[C@@H]1CCCN1. The molecule has 14 N–H and O–H groups in total. The molecule has 0 spiro atoms. The molecule has 184 valence electrons. The van der Waals surface area contributed by atoms with E-state index in [4.69, 9.17) is 48.5 Å². The van der Waals surface area contributed by atoms with Gasteiger partial charge in [-0.2, -0.15) is 0 Å². The number of aliphatic hydroxyl groups is 1. The molecular formula is C17H37N5O9. The molecule has 1 aliphatic heterocycles. The molecule has 1 rings (SSSR count). The smallest absolute Gasteiger partial charge is 0.322 e. The van der Waals surface area contributed by atoms with E-state index in [1.807, 2.05) is 0 Å². The predicted octanol–water partition coefficient (Wildman–Crippen LogP) is -2.84. The molecule has 1 saturated heterocycles. The van der Waals surface area contributed by atoms with Crippen molar-refractivity contribution < 1.29 is 44.7 Å². The van der Waals surface area contributed by atoms with Gasteiger partial charge in [0.05, 0.1) is 6.61 Å². The fourth-order valence-electron chi connectivity index (χ4n) is 1.61. The summed E-state index contributed by atoms with van der Waals surface area (Å²) in [5, 5.41) is 43.3. The average molecular weight is 456 g/mol. The summed E-state index contributed by atoms with van der Waals surface area (Å²) in [4.78, 5) is 39.5. The maximum atomic E-state index is 10.1. The summed E-state index contributed by atoms with van der Waals surface area (Å²) in [6.07, 6.45) is 3.95. The summed E-state index contributed by atoms with van der Waals surface area (Å²) < 4.78 is 0. The Morgan fingerprint density at radius 2 is 1.42 bits per heavy atom. The van der Waals surface area contributed by atoms with Gasteiger partial charge in [-0.3, -0.25) is 19.2 Å². The number of hydrogen-bond acceptors (Lipinski definition) is 10. The van der Waals surface area contributed by atoms with E-state index in [-0.39, 0.29) is 6.04 Å². The van der Waals surface area contributed by atoms with Crippen LogP contribution in [0.1, 0.15) is 39.0 Å². The van der Waals surface area contributed by atoms with E-state index in [0.717, 1.165) is 32.2 Å². The predicted molar refractivity (Wildman–Crippen MR) is 111 cm³/mol. The Morgan fingerprint density at radius 3 is 1.61 bits per heavy atom. The van der Waals surface area contributed by atoms with Crippen LogP contribution >= 0.6 is 0 Å². The number of nitrogens with two attached hydrogens (primary N) is 4. The first-order valence-corrected chi connectivity index (χ1v) is 9.53. The molecule has 0 radical (unpaired) electrons. The molecule has 0 amide bonds. The lowest BCUT2D eigenvalue weighted by Gasteiger charge is -2.03. The standard InChI is InChI=1S/C6H14N2O2.C5H9NO2.C3H7NO3.C3H7NO2/c7-4-2-1-3-5(8)6(9)10;7-5(8)4-2-1-3-6-4;4-2(1-5)3(6)7;1-2(4)3(5)6/h5H,1-4,7-8H2,(H,9,10);4,6H,1-3H2,(H,7,8);2,5H,1,4H2,(H,6,7);2H,4H2,1H3,(H,5,6)/t5-;4-;2*2-/m0000/s1. The summed E-state index contributed by atoms with van der Waals surface area (Å²) >= 11 is 0. The monoisotopic (exact) mass is 455 g/mol. The van der Waals surface area contributed by atoms with E-state index in [1.54, 1.807) is 0 Å². The molecule has 0 aliphatic carbocycles. The van der Waals surface area contributed by atoms with E-state index >= 15 is 0 Å². The largest absolute Gasteiger partial charge is 0.480 e. The van der Waals surface area contributed by atoms with Gasteiger partial charge in [0.2, 0.25) is 0 Å². The normalized spacial score (nSPS) is 17.2. The van der Waals surface area contributed by atoms with E-state index in [2.05, 4.69) is 5.32 Å². The average Bonchev–Trinajstić information content (AvgIpc) is 3.24. The maximum absolute atomic E-state index is 10.1. The van der Waals surface area contributed by atoms with Crippen molar-refractivity contribution in [3.63, 3.8) is 0 Å². The lowest BCUT2D eigenvalue weighted by atomic mass is 10.1. The van der Waals surface area contributed by atoms with Crippen molar-refractivity contribution in [3.05, 3.63) is 0 Å². The first kappa shape index (κ1) is 33.3. The van der Waals surface area contributed by atoms with E-state index < -0.39 is 48.6 Å². The summed E-state index contributed by atoms with van der Waals surface area (Å²) in [5.74, 6) is -3.79. The van der Waals surface area contributed by atoms with Crippen molar-refractivity contribution in [3.8, 4) is 0 Å². The Kier molecular flexibility index (Phi) is 22.4. The number of rotatable bonds is 9. The van der Waals surface area contributed by atoms with Crippen molar-refractivity contribution in [2.45, 2.75) is 63.2 Å². The molecule has 0 aromatic carbocycles. The Balaban J connectivity index is -0.000000343. The highest BCUT2D eigenvalue weighted by Gasteiger charge is 2.20. The highest BCUT2D eigenvalue weighted by Crippen LogP contribution is 2.03. The van der Waals surface area contributed by atoms with Gasteiger partial charge in [-0.1, -0.05) is 6.42 Å². The van der Waals surface area contributed by atoms with Gasteiger partial charge in [-0.05, 0) is 45.7 Å². The van der Waals surface area contributed by atoms with Crippen molar-refractivity contribution in [1.82, 2.24) is 5.32 Å². The molecule has 0 bridgehead atoms. The minimum Gasteiger partial charge on any atom is -0.480 e. The van der Waals surface area contributed by atoms with Crippen LogP contribution in [0.2, 0.25) is 0 Å². The van der Waals surface area contributed by atoms with Crippen LogP contribution in [0.3, 0.4) is 0 Å². The van der Waals surface area contributed by atoms with Crippen molar-refractivity contribution in [1.29, 1.82) is 0 Å². The molecule has 0 aromatic rings. The maximum Gasteiger partial charge on any atom is 0.322 e. The summed E-state index contributed by atoms with van der Waals surface area (Å²) in [6, 6.07) is -2.84. The molecule has 0 saturated carbocycles. The van der Waals surface area contributed by atoms with Gasteiger partial charge < -0.3 is 53.8 Å². The number of nitrogens with one attached hydrogen (secondary N) is 1. The van der Waals surface area contributed by atoms with Gasteiger partial charge in [0, 0.05) is 0 Å². The van der Waals surface area contributed by atoms with Crippen LogP contribution in [0.25, 0.3) is 0 Å². The summed E-state index contributed by atoms with van der Waals surface area (Å²) in [7, 11) is 0. The van der Waals surface area contributed by atoms with Crippen LogP contribution in [-0.4, -0.2) is 93.3 Å². The zero-order valence-corrected chi connectivity index (χ0v) is 17.6. The summed E-state index contributed by atoms with van der Waals surface area (Å²) in [5.41, 5.74) is 20.0. The highest BCUT2D eigenvalue weighted by molar-refractivity contribution is 5.74. The Hall–Kier alpha value is -2.36. The van der Waals surface area contributed by atoms with E-state index in [1.165, 1.54) is 6.92 Å². The molecule has 1 aliphatic rings. The number of aliphatic carboxylic acids is 4. The molecule has 1 heterocycles. The second kappa shape index (κ2) is 20.9. The van der Waals surface area contributed by atoms with Crippen molar-refractivity contribution in [2.24, 2.45) is 22.9 Å². The van der Waals surface area contributed by atoms with Gasteiger partial charge >= 0.3 is 23.9 Å². The first-order valence-electron chi connectivity index (χ1n) is 9.53. The quantitative estimate of drug-likeness (QED) is 0.157. The number of carbonyl (C=O) groups is 4. The minimum absolute atomic E-state index is 0.269. The highest BCUT2D eigenvalue weighted by atomic mass is 16.4. The molecule has 0 unspecified atom stereocenters. The Labute approximate surface area is 180 Å². The van der Waals surface area contributed by atoms with E-state index in [9.17, 15) is 19.2 Å². The molecule has 1 fully saturated rings. The van der Waals surface area contributed by atoms with Crippen molar-refractivity contribution in [2.75, 3.05) is 19.7 Å². The number of unbranched alkanes of at least 4 members (excludes halogenated alkanes) is 1. The second-order valence-electron chi connectivity index (χ2n) is 6.47. The number of hydrogen-bond donors (Lipinski definition) is 10. The zero-order chi connectivity index (χ0) is 25.0. The third-order valence-corrected chi connectivity index (χ3v) is 3.55. The first-order chi connectivity index (χ1) is 14.3. The van der Waals surface area contributed by atoms with Gasteiger partial charge in [-0.15, -0.1) is 0 Å². The molecule has 4 atom stereocenters. The van der Waals surface area contributed by atoms with Gasteiger partial charge in [-0.25, -0.2) is 0 Å². The molecule has 14 heteroatoms. The molecule has 14 nitrogen and oxygen atoms in total. The van der Waals surface area contributed by atoms with Gasteiger partial charge in [0.15, 0.2) is 0 Å². The fourth-order valence-corrected chi connectivity index (χ4v) is 1.61. The zero-order valence-electron chi connectivity index (χ0n) is 17.6. The third-order valence-electron chi connectivity index (χ3n) is 3.55. The van der Waals surface area contributed by atoms with Crippen molar-refractivity contribution >= 4 is 23.9 Å². The summed E-state index contributed by atoms with van der Waals surface area (Å²) in [6.45, 7) is 2.38. The van der Waals surface area contributed by atoms with Crippen LogP contribution in [0, 0.1) is 0 Å². The fraction of sp³-hybridized carbons (Fsp3) is 0.765. The van der Waals surface area contributed by atoms with Crippen LogP contribution in [0.15, 0.2) is 0 Å². The van der Waals surface area contributed by atoms with Crippen LogP contribution in [-0.2, 0) is 19.2 Å². The lowest BCUT2D eigenvalue weighted by molar-refractivity contribution is -0.140. The molecule has 0 aromatic heterocycles. The topological polar surface area (TPSA) is 286 Å². The van der Waals surface area contributed by atoms with Gasteiger partial charge in [0.25, 0.3) is 0 Å². The van der Waals surface area contributed by atoms with Gasteiger partial charge in [0.1, 0.15) is 24.2 Å². The molecule has 31 heavy (non-hydrogen) atoms. The number of carboxylic acid groups (broad SMARTS) is 4. The molecular weight excluding hydrogens is 418 g/mol. The van der Waals surface area contributed by atoms with Crippen LogP contribution < -0.4 is 28.3 Å². The Bertz CT molecular complexity index is 514. The lowest BCUT2D eigenvalue weighted by Crippen LogP contribution is -2.33. The number of carboxylic acids is 4. The van der Waals surface area contributed by atoms with Crippen LogP contribution in [0.4, 0.5) is 0 Å². The number of aliphatic hydroxyl groups excluding tert-OH is 1.